The van der Waals surface area contributed by atoms with Crippen LogP contribution in [0.25, 0.3) is 0 Å². The molecule has 4 heteroatoms. The third-order valence-corrected chi connectivity index (χ3v) is 3.15. The van der Waals surface area contributed by atoms with Crippen molar-refractivity contribution in [2.24, 2.45) is 0 Å². The molecule has 0 aromatic heterocycles. The van der Waals surface area contributed by atoms with E-state index in [1.54, 1.807) is 19.3 Å². The standard InChI is InChI=1S/C15H14O4/c1-2-17-15(16)13-8-6-11-12(19-13)7-5-10-4-3-9-18-14(10)11/h3-5,7-9,14H,2,6H2,1H3. The average Bonchev–Trinajstić information content (AvgIpc) is 2.46. The Labute approximate surface area is 111 Å². The summed E-state index contributed by atoms with van der Waals surface area (Å²) < 4.78 is 16.1. The zero-order chi connectivity index (χ0) is 13.2. The molecule has 0 N–H and O–H groups in total. The lowest BCUT2D eigenvalue weighted by Crippen LogP contribution is -2.25. The monoisotopic (exact) mass is 258 g/mol. The van der Waals surface area contributed by atoms with E-state index >= 15 is 0 Å². The molecule has 0 radical (unpaired) electrons. The number of hydrogen-bond donors (Lipinski definition) is 0. The molecule has 19 heavy (non-hydrogen) atoms. The fourth-order valence-corrected chi connectivity index (χ4v) is 2.27. The van der Waals surface area contributed by atoms with E-state index in [0.29, 0.717) is 18.8 Å². The Kier molecular flexibility index (Phi) is 2.99. The van der Waals surface area contributed by atoms with Gasteiger partial charge in [0.25, 0.3) is 0 Å². The van der Waals surface area contributed by atoms with Gasteiger partial charge in [-0.15, -0.1) is 0 Å². The van der Waals surface area contributed by atoms with Gasteiger partial charge in [0, 0.05) is 5.57 Å². The third-order valence-electron chi connectivity index (χ3n) is 3.15. The minimum absolute atomic E-state index is 0.106. The molecule has 0 saturated heterocycles. The van der Waals surface area contributed by atoms with Crippen LogP contribution in [0.4, 0.5) is 0 Å². The summed E-state index contributed by atoms with van der Waals surface area (Å²) in [6.45, 7) is 2.11. The van der Waals surface area contributed by atoms with Crippen LogP contribution < -0.4 is 0 Å². The molecule has 1 aliphatic carbocycles. The molecule has 0 bridgehead atoms. The van der Waals surface area contributed by atoms with Crippen molar-refractivity contribution in [3.05, 3.63) is 59.3 Å². The molecule has 1 atom stereocenters. The molecule has 0 spiro atoms. The lowest BCUT2D eigenvalue weighted by molar-refractivity contribution is -0.141. The van der Waals surface area contributed by atoms with Gasteiger partial charge in [0.1, 0.15) is 11.9 Å². The van der Waals surface area contributed by atoms with Crippen molar-refractivity contribution in [2.45, 2.75) is 19.4 Å². The van der Waals surface area contributed by atoms with Crippen LogP contribution in [-0.2, 0) is 19.0 Å². The number of hydrogen-bond acceptors (Lipinski definition) is 4. The van der Waals surface area contributed by atoms with E-state index in [1.165, 1.54) is 0 Å². The molecule has 3 rings (SSSR count). The highest BCUT2D eigenvalue weighted by molar-refractivity contribution is 5.87. The predicted octanol–water partition coefficient (Wildman–Crippen LogP) is 2.52. The first-order valence-corrected chi connectivity index (χ1v) is 6.28. The maximum absolute atomic E-state index is 11.6. The molecule has 2 heterocycles. The summed E-state index contributed by atoms with van der Waals surface area (Å²) in [5.41, 5.74) is 2.13. The average molecular weight is 258 g/mol. The van der Waals surface area contributed by atoms with Crippen LogP contribution in [0.3, 0.4) is 0 Å². The van der Waals surface area contributed by atoms with Gasteiger partial charge in [0.15, 0.2) is 0 Å². The molecule has 0 fully saturated rings. The zero-order valence-electron chi connectivity index (χ0n) is 10.6. The first kappa shape index (κ1) is 11.8. The smallest absolute Gasteiger partial charge is 0.373 e. The van der Waals surface area contributed by atoms with E-state index in [-0.39, 0.29) is 11.9 Å². The second-order valence-electron chi connectivity index (χ2n) is 4.33. The Morgan fingerprint density at radius 1 is 1.47 bits per heavy atom. The van der Waals surface area contributed by atoms with Crippen LogP contribution in [0, 0.1) is 0 Å². The minimum atomic E-state index is -0.423. The largest absolute Gasteiger partial charge is 0.489 e. The van der Waals surface area contributed by atoms with Gasteiger partial charge in [-0.2, -0.15) is 0 Å². The summed E-state index contributed by atoms with van der Waals surface area (Å²) in [6.07, 6.45) is 11.6. The number of carbonyl (C=O) groups is 1. The molecule has 4 nitrogen and oxygen atoms in total. The highest BCUT2D eigenvalue weighted by Crippen LogP contribution is 2.35. The second kappa shape index (κ2) is 4.80. The molecule has 3 aliphatic rings. The molecular weight excluding hydrogens is 244 g/mol. The number of carbonyl (C=O) groups excluding carboxylic acids is 1. The van der Waals surface area contributed by atoms with Crippen LogP contribution in [0.15, 0.2) is 59.3 Å². The molecule has 98 valence electrons. The summed E-state index contributed by atoms with van der Waals surface area (Å²) in [5, 5.41) is 0. The minimum Gasteiger partial charge on any atom is -0.489 e. The molecule has 0 aromatic carbocycles. The van der Waals surface area contributed by atoms with Crippen LogP contribution in [0.5, 0.6) is 0 Å². The summed E-state index contributed by atoms with van der Waals surface area (Å²) in [6, 6.07) is 0. The summed E-state index contributed by atoms with van der Waals surface area (Å²) in [4.78, 5) is 11.6. The maximum Gasteiger partial charge on any atom is 0.373 e. The van der Waals surface area contributed by atoms with Gasteiger partial charge in [-0.3, -0.25) is 0 Å². The van der Waals surface area contributed by atoms with Crippen molar-refractivity contribution < 1.29 is 19.0 Å². The maximum atomic E-state index is 11.6. The fourth-order valence-electron chi connectivity index (χ4n) is 2.27. The molecule has 0 amide bonds. The van der Waals surface area contributed by atoms with Crippen LogP contribution >= 0.6 is 0 Å². The van der Waals surface area contributed by atoms with E-state index in [4.69, 9.17) is 14.2 Å². The second-order valence-corrected chi connectivity index (χ2v) is 4.33. The number of ether oxygens (including phenoxy) is 3. The first-order chi connectivity index (χ1) is 9.29. The van der Waals surface area contributed by atoms with Crippen molar-refractivity contribution in [1.82, 2.24) is 0 Å². The van der Waals surface area contributed by atoms with Crippen LogP contribution in [0.2, 0.25) is 0 Å². The van der Waals surface area contributed by atoms with E-state index in [0.717, 1.165) is 11.1 Å². The number of allylic oxidation sites excluding steroid dienone is 4. The summed E-state index contributed by atoms with van der Waals surface area (Å²) in [5.74, 6) is 0.514. The Bertz CT molecular complexity index is 561. The normalized spacial score (nSPS) is 23.5. The fraction of sp³-hybridized carbons (Fsp3) is 0.267. The Morgan fingerprint density at radius 3 is 3.21 bits per heavy atom. The van der Waals surface area contributed by atoms with E-state index in [1.807, 2.05) is 24.3 Å². The first-order valence-electron chi connectivity index (χ1n) is 6.28. The summed E-state index contributed by atoms with van der Waals surface area (Å²) >= 11 is 0. The van der Waals surface area contributed by atoms with E-state index in [9.17, 15) is 4.79 Å². The van der Waals surface area contributed by atoms with Gasteiger partial charge in [-0.25, -0.2) is 4.79 Å². The SMILES string of the molecule is CCOC(=O)C1=CCC2=C(C=CC3=CC=COC32)O1. The molecule has 2 aliphatic heterocycles. The number of rotatable bonds is 2. The molecule has 1 unspecified atom stereocenters. The van der Waals surface area contributed by atoms with E-state index < -0.39 is 5.97 Å². The van der Waals surface area contributed by atoms with E-state index in [2.05, 4.69) is 0 Å². The molecular formula is C15H14O4. The van der Waals surface area contributed by atoms with Crippen molar-refractivity contribution >= 4 is 5.97 Å². The number of esters is 1. The predicted molar refractivity (Wildman–Crippen MR) is 68.7 cm³/mol. The summed E-state index contributed by atoms with van der Waals surface area (Å²) in [7, 11) is 0. The lowest BCUT2D eigenvalue weighted by Gasteiger charge is -2.30. The van der Waals surface area contributed by atoms with Gasteiger partial charge < -0.3 is 14.2 Å². The van der Waals surface area contributed by atoms with Gasteiger partial charge >= 0.3 is 5.97 Å². The zero-order valence-corrected chi connectivity index (χ0v) is 10.6. The quantitative estimate of drug-likeness (QED) is 0.714. The number of fused-ring (bicyclic) bond motifs is 2. The highest BCUT2D eigenvalue weighted by atomic mass is 16.6. The molecule has 0 saturated carbocycles. The molecule has 0 aromatic rings. The van der Waals surface area contributed by atoms with Crippen LogP contribution in [-0.4, -0.2) is 18.7 Å². The Hall–Kier alpha value is -2.23. The van der Waals surface area contributed by atoms with Crippen molar-refractivity contribution in [3.63, 3.8) is 0 Å². The Morgan fingerprint density at radius 2 is 2.37 bits per heavy atom. The van der Waals surface area contributed by atoms with Gasteiger partial charge in [0.2, 0.25) is 5.76 Å². The highest BCUT2D eigenvalue weighted by Gasteiger charge is 2.30. The van der Waals surface area contributed by atoms with Crippen molar-refractivity contribution in [1.29, 1.82) is 0 Å². The van der Waals surface area contributed by atoms with Crippen molar-refractivity contribution in [2.75, 3.05) is 6.61 Å². The van der Waals surface area contributed by atoms with Gasteiger partial charge in [-0.05, 0) is 37.1 Å². The lowest BCUT2D eigenvalue weighted by atomic mass is 9.90. The van der Waals surface area contributed by atoms with Gasteiger partial charge in [0.05, 0.1) is 12.9 Å². The Balaban J connectivity index is 1.81. The third kappa shape index (κ3) is 2.10. The van der Waals surface area contributed by atoms with Crippen molar-refractivity contribution in [3.8, 4) is 0 Å². The topological polar surface area (TPSA) is 44.8 Å². The van der Waals surface area contributed by atoms with Crippen LogP contribution in [0.1, 0.15) is 13.3 Å². The van der Waals surface area contributed by atoms with Gasteiger partial charge in [-0.1, -0.05) is 12.2 Å².